The van der Waals surface area contributed by atoms with E-state index >= 15 is 0 Å². The first-order chi connectivity index (χ1) is 8.49. The highest BCUT2D eigenvalue weighted by atomic mass is 19.4. The van der Waals surface area contributed by atoms with Crippen LogP contribution < -0.4 is 10.1 Å². The van der Waals surface area contributed by atoms with Crippen molar-refractivity contribution in [2.45, 2.75) is 24.7 Å². The van der Waals surface area contributed by atoms with Gasteiger partial charge in [-0.3, -0.25) is 0 Å². The smallest absolute Gasteiger partial charge is 0.416 e. The van der Waals surface area contributed by atoms with Crippen LogP contribution in [0.4, 0.5) is 13.2 Å². The van der Waals surface area contributed by atoms with Crippen molar-refractivity contribution >= 4 is 0 Å². The van der Waals surface area contributed by atoms with Crippen molar-refractivity contribution < 1.29 is 23.0 Å². The molecule has 0 aromatic heterocycles. The van der Waals surface area contributed by atoms with Gasteiger partial charge in [0, 0.05) is 19.0 Å². The fraction of sp³-hybridized carbons (Fsp3) is 0.500. The Kier molecular flexibility index (Phi) is 3.77. The van der Waals surface area contributed by atoms with E-state index in [1.807, 2.05) is 0 Å². The number of aliphatic hydroxyl groups is 1. The molecule has 1 fully saturated rings. The summed E-state index contributed by atoms with van der Waals surface area (Å²) in [7, 11) is 0. The summed E-state index contributed by atoms with van der Waals surface area (Å²) in [5, 5.41) is 12.0. The zero-order chi connectivity index (χ0) is 13.2. The molecule has 1 aliphatic heterocycles. The maximum atomic E-state index is 12.3. The third-order valence-electron chi connectivity index (χ3n) is 2.89. The van der Waals surface area contributed by atoms with Gasteiger partial charge in [0.1, 0.15) is 11.9 Å². The highest BCUT2D eigenvalue weighted by Gasteiger charge is 2.30. The van der Waals surface area contributed by atoms with Gasteiger partial charge < -0.3 is 15.2 Å². The lowest BCUT2D eigenvalue weighted by molar-refractivity contribution is -0.137. The monoisotopic (exact) mass is 261 g/mol. The molecule has 1 aromatic carbocycles. The zero-order valence-electron chi connectivity index (χ0n) is 9.57. The molecule has 2 atom stereocenters. The Labute approximate surface area is 103 Å². The summed E-state index contributed by atoms with van der Waals surface area (Å²) >= 11 is 0. The molecule has 0 amide bonds. The SMILES string of the molecule is OC[C@@H]1CC(Oc2ccc(C(F)(F)F)cc2)CN1. The van der Waals surface area contributed by atoms with Crippen LogP contribution in [-0.2, 0) is 6.18 Å². The highest BCUT2D eigenvalue weighted by Crippen LogP contribution is 2.30. The van der Waals surface area contributed by atoms with E-state index in [1.54, 1.807) is 0 Å². The van der Waals surface area contributed by atoms with Crippen LogP contribution >= 0.6 is 0 Å². The minimum atomic E-state index is -4.32. The quantitative estimate of drug-likeness (QED) is 0.872. The molecule has 1 heterocycles. The largest absolute Gasteiger partial charge is 0.489 e. The van der Waals surface area contributed by atoms with E-state index < -0.39 is 11.7 Å². The Bertz CT molecular complexity index is 391. The third-order valence-corrected chi connectivity index (χ3v) is 2.89. The first kappa shape index (κ1) is 13.2. The molecule has 1 saturated heterocycles. The number of nitrogens with one attached hydrogen (secondary N) is 1. The topological polar surface area (TPSA) is 41.5 Å². The molecule has 0 spiro atoms. The van der Waals surface area contributed by atoms with Crippen molar-refractivity contribution in [1.29, 1.82) is 0 Å². The van der Waals surface area contributed by atoms with E-state index in [4.69, 9.17) is 9.84 Å². The van der Waals surface area contributed by atoms with Gasteiger partial charge in [-0.15, -0.1) is 0 Å². The predicted molar refractivity (Wildman–Crippen MR) is 59.4 cm³/mol. The Hall–Kier alpha value is -1.27. The van der Waals surface area contributed by atoms with Gasteiger partial charge >= 0.3 is 6.18 Å². The number of halogens is 3. The van der Waals surface area contributed by atoms with Gasteiger partial charge in [-0.1, -0.05) is 0 Å². The molecule has 1 aliphatic rings. The number of hydrogen-bond acceptors (Lipinski definition) is 3. The minimum Gasteiger partial charge on any atom is -0.489 e. The van der Waals surface area contributed by atoms with Crippen LogP contribution in [0.25, 0.3) is 0 Å². The molecule has 18 heavy (non-hydrogen) atoms. The summed E-state index contributed by atoms with van der Waals surface area (Å²) in [6, 6.07) is 4.64. The zero-order valence-corrected chi connectivity index (χ0v) is 9.57. The lowest BCUT2D eigenvalue weighted by Crippen LogP contribution is -2.25. The van der Waals surface area contributed by atoms with Crippen LogP contribution in [-0.4, -0.2) is 30.4 Å². The summed E-state index contributed by atoms with van der Waals surface area (Å²) in [6.07, 6.45) is -3.79. The lowest BCUT2D eigenvalue weighted by Gasteiger charge is -2.13. The maximum absolute atomic E-state index is 12.3. The van der Waals surface area contributed by atoms with Gasteiger partial charge in [0.25, 0.3) is 0 Å². The fourth-order valence-electron chi connectivity index (χ4n) is 1.93. The maximum Gasteiger partial charge on any atom is 0.416 e. The van der Waals surface area contributed by atoms with E-state index in [9.17, 15) is 13.2 Å². The second-order valence-electron chi connectivity index (χ2n) is 4.29. The molecular weight excluding hydrogens is 247 g/mol. The molecule has 3 nitrogen and oxygen atoms in total. The van der Waals surface area contributed by atoms with Gasteiger partial charge in [0.15, 0.2) is 0 Å². The molecule has 1 aromatic rings. The van der Waals surface area contributed by atoms with Crippen molar-refractivity contribution in [1.82, 2.24) is 5.32 Å². The van der Waals surface area contributed by atoms with Crippen molar-refractivity contribution in [3.63, 3.8) is 0 Å². The average molecular weight is 261 g/mol. The van der Waals surface area contributed by atoms with Gasteiger partial charge in [-0.25, -0.2) is 0 Å². The summed E-state index contributed by atoms with van der Waals surface area (Å²) in [4.78, 5) is 0. The number of benzene rings is 1. The van der Waals surface area contributed by atoms with E-state index in [2.05, 4.69) is 5.32 Å². The second-order valence-corrected chi connectivity index (χ2v) is 4.29. The van der Waals surface area contributed by atoms with E-state index in [0.29, 0.717) is 18.7 Å². The standard InChI is InChI=1S/C12H14F3NO2/c13-12(14,15)8-1-3-10(4-2-8)18-11-5-9(7-17)16-6-11/h1-4,9,11,16-17H,5-7H2/t9-,11?/m0/s1. The van der Waals surface area contributed by atoms with Crippen molar-refractivity contribution in [3.8, 4) is 5.75 Å². The first-order valence-electron chi connectivity index (χ1n) is 5.67. The molecule has 0 aliphatic carbocycles. The van der Waals surface area contributed by atoms with Gasteiger partial charge in [-0.2, -0.15) is 13.2 Å². The number of aliphatic hydroxyl groups excluding tert-OH is 1. The van der Waals surface area contributed by atoms with E-state index in [1.165, 1.54) is 12.1 Å². The highest BCUT2D eigenvalue weighted by molar-refractivity contribution is 5.29. The van der Waals surface area contributed by atoms with Gasteiger partial charge in [0.2, 0.25) is 0 Å². The first-order valence-corrected chi connectivity index (χ1v) is 5.67. The average Bonchev–Trinajstić information content (AvgIpc) is 2.76. The van der Waals surface area contributed by atoms with Crippen LogP contribution in [0.2, 0.25) is 0 Å². The summed E-state index contributed by atoms with van der Waals surface area (Å²) < 4.78 is 42.6. The number of ether oxygens (including phenoxy) is 1. The van der Waals surface area contributed by atoms with Crippen molar-refractivity contribution in [2.24, 2.45) is 0 Å². The van der Waals surface area contributed by atoms with Crippen molar-refractivity contribution in [2.75, 3.05) is 13.2 Å². The molecule has 2 rings (SSSR count). The Balaban J connectivity index is 1.95. The molecule has 0 bridgehead atoms. The van der Waals surface area contributed by atoms with Gasteiger partial charge in [0.05, 0.1) is 12.2 Å². The van der Waals surface area contributed by atoms with Crippen LogP contribution in [0, 0.1) is 0 Å². The molecule has 6 heteroatoms. The number of rotatable bonds is 3. The number of hydrogen-bond donors (Lipinski definition) is 2. The predicted octanol–water partition coefficient (Wildman–Crippen LogP) is 1.81. The lowest BCUT2D eigenvalue weighted by atomic mass is 10.2. The molecule has 0 saturated carbocycles. The van der Waals surface area contributed by atoms with E-state index in [0.717, 1.165) is 12.1 Å². The minimum absolute atomic E-state index is 0.00412. The Morgan fingerprint density at radius 3 is 2.44 bits per heavy atom. The van der Waals surface area contributed by atoms with Crippen LogP contribution in [0.1, 0.15) is 12.0 Å². The summed E-state index contributed by atoms with van der Waals surface area (Å²) in [5.41, 5.74) is -0.687. The Morgan fingerprint density at radius 1 is 1.28 bits per heavy atom. The fourth-order valence-corrected chi connectivity index (χ4v) is 1.93. The second kappa shape index (κ2) is 5.16. The normalized spacial score (nSPS) is 24.2. The molecule has 100 valence electrons. The molecule has 0 radical (unpaired) electrons. The summed E-state index contributed by atoms with van der Waals surface area (Å²) in [5.74, 6) is 0.411. The molecule has 2 N–H and O–H groups in total. The van der Waals surface area contributed by atoms with Crippen LogP contribution in [0.15, 0.2) is 24.3 Å². The molecular formula is C12H14F3NO2. The Morgan fingerprint density at radius 2 is 1.94 bits per heavy atom. The summed E-state index contributed by atoms with van der Waals surface area (Å²) in [6.45, 7) is 0.624. The molecule has 1 unspecified atom stereocenters. The van der Waals surface area contributed by atoms with Crippen LogP contribution in [0.5, 0.6) is 5.75 Å². The van der Waals surface area contributed by atoms with Crippen LogP contribution in [0.3, 0.4) is 0 Å². The third kappa shape index (κ3) is 3.14. The van der Waals surface area contributed by atoms with E-state index in [-0.39, 0.29) is 18.8 Å². The number of alkyl halides is 3. The van der Waals surface area contributed by atoms with Gasteiger partial charge in [-0.05, 0) is 24.3 Å². The van der Waals surface area contributed by atoms with Crippen molar-refractivity contribution in [3.05, 3.63) is 29.8 Å².